The Morgan fingerprint density at radius 3 is 2.58 bits per heavy atom. The zero-order chi connectivity index (χ0) is 8.39. The van der Waals surface area contributed by atoms with Gasteiger partial charge in [0, 0.05) is 18.3 Å². The molecule has 60 valence electrons. The molecule has 0 radical (unpaired) electrons. The van der Waals surface area contributed by atoms with E-state index in [9.17, 15) is 0 Å². The molecular weight excluding hydrogens is 146 g/mol. The molecule has 2 rings (SSSR count). The van der Waals surface area contributed by atoms with Gasteiger partial charge in [-0.2, -0.15) is 0 Å². The maximum Gasteiger partial charge on any atom is 0.0417 e. The van der Waals surface area contributed by atoms with E-state index in [1.165, 1.54) is 16.8 Å². The van der Waals surface area contributed by atoms with Gasteiger partial charge < -0.3 is 5.32 Å². The summed E-state index contributed by atoms with van der Waals surface area (Å²) in [6, 6.07) is 14.6. The molecular formula is C11H11N. The fourth-order valence-electron chi connectivity index (χ4n) is 1.43. The van der Waals surface area contributed by atoms with Gasteiger partial charge in [0.25, 0.3) is 0 Å². The van der Waals surface area contributed by atoms with E-state index in [2.05, 4.69) is 41.7 Å². The molecule has 0 heterocycles. The third-order valence-electron chi connectivity index (χ3n) is 2.06. The van der Waals surface area contributed by atoms with Gasteiger partial charge in [-0.15, -0.1) is 0 Å². The molecule has 1 nitrogen and oxygen atoms in total. The Morgan fingerprint density at radius 1 is 0.917 bits per heavy atom. The Morgan fingerprint density at radius 2 is 1.75 bits per heavy atom. The Bertz CT molecular complexity index is 354. The number of hydrogen-bond acceptors (Lipinski definition) is 1. The summed E-state index contributed by atoms with van der Waals surface area (Å²) in [6.45, 7) is 0. The van der Waals surface area contributed by atoms with Gasteiger partial charge in [0.2, 0.25) is 0 Å². The van der Waals surface area contributed by atoms with Crippen LogP contribution in [-0.2, 0) is 0 Å². The van der Waals surface area contributed by atoms with Gasteiger partial charge >= 0.3 is 0 Å². The van der Waals surface area contributed by atoms with E-state index in [0.717, 1.165) is 0 Å². The van der Waals surface area contributed by atoms with Crippen LogP contribution in [0.4, 0.5) is 5.69 Å². The topological polar surface area (TPSA) is 12.0 Å². The van der Waals surface area contributed by atoms with Crippen molar-refractivity contribution in [2.45, 2.75) is 0 Å². The van der Waals surface area contributed by atoms with Gasteiger partial charge in [0.05, 0.1) is 0 Å². The molecule has 0 spiro atoms. The predicted molar refractivity (Wildman–Crippen MR) is 52.6 cm³/mol. The fourth-order valence-corrected chi connectivity index (χ4v) is 1.43. The second-order valence-electron chi connectivity index (χ2n) is 2.78. The minimum atomic E-state index is 1.20. The Kier molecular flexibility index (Phi) is 1.71. The average molecular weight is 157 g/mol. The van der Waals surface area contributed by atoms with Crippen LogP contribution in [0.15, 0.2) is 42.5 Å². The molecule has 0 saturated heterocycles. The predicted octanol–water partition coefficient (Wildman–Crippen LogP) is 2.83. The van der Waals surface area contributed by atoms with Gasteiger partial charge in [0.15, 0.2) is 0 Å². The maximum atomic E-state index is 3.16. The monoisotopic (exact) mass is 157 g/mol. The van der Waals surface area contributed by atoms with Crippen molar-refractivity contribution in [1.29, 1.82) is 0 Å². The highest BCUT2D eigenvalue weighted by Crippen LogP contribution is 2.30. The summed E-state index contributed by atoms with van der Waals surface area (Å²) < 4.78 is 0. The van der Waals surface area contributed by atoms with Crippen LogP contribution in [0.1, 0.15) is 0 Å². The van der Waals surface area contributed by atoms with Crippen LogP contribution < -0.4 is 5.32 Å². The zero-order valence-corrected chi connectivity index (χ0v) is 7.04. The SMILES string of the molecule is CNc1ccc2cccccc1-2. The summed E-state index contributed by atoms with van der Waals surface area (Å²) in [5, 5.41) is 3.16. The largest absolute Gasteiger partial charge is 0.388 e. The van der Waals surface area contributed by atoms with Gasteiger partial charge in [-0.25, -0.2) is 0 Å². The van der Waals surface area contributed by atoms with Crippen molar-refractivity contribution in [3.8, 4) is 11.1 Å². The smallest absolute Gasteiger partial charge is 0.0417 e. The average Bonchev–Trinajstić information content (AvgIpc) is 2.33. The van der Waals surface area contributed by atoms with E-state index in [1.807, 2.05) is 13.1 Å². The van der Waals surface area contributed by atoms with Crippen LogP contribution in [0.5, 0.6) is 0 Å². The summed E-state index contributed by atoms with van der Waals surface area (Å²) in [6.07, 6.45) is 0. The minimum Gasteiger partial charge on any atom is -0.388 e. The maximum absolute atomic E-state index is 3.16. The third kappa shape index (κ3) is 1.03. The van der Waals surface area contributed by atoms with Crippen molar-refractivity contribution >= 4 is 5.69 Å². The Hall–Kier alpha value is -1.50. The van der Waals surface area contributed by atoms with Crippen LogP contribution >= 0.6 is 0 Å². The van der Waals surface area contributed by atoms with E-state index in [-0.39, 0.29) is 0 Å². The van der Waals surface area contributed by atoms with Crippen LogP contribution in [0.3, 0.4) is 0 Å². The number of hydrogen-bond donors (Lipinski definition) is 1. The molecule has 0 aromatic carbocycles. The number of anilines is 1. The highest BCUT2D eigenvalue weighted by atomic mass is 14.8. The molecule has 0 fully saturated rings. The molecule has 0 saturated carbocycles. The van der Waals surface area contributed by atoms with E-state index < -0.39 is 0 Å². The fraction of sp³-hybridized carbons (Fsp3) is 0.0909. The molecule has 0 aromatic heterocycles. The molecule has 2 aliphatic rings. The van der Waals surface area contributed by atoms with E-state index >= 15 is 0 Å². The highest BCUT2D eigenvalue weighted by molar-refractivity contribution is 5.80. The van der Waals surface area contributed by atoms with E-state index in [4.69, 9.17) is 0 Å². The Balaban J connectivity index is 2.64. The highest BCUT2D eigenvalue weighted by Gasteiger charge is 2.04. The molecule has 1 heteroatoms. The van der Waals surface area contributed by atoms with Crippen LogP contribution in [0.2, 0.25) is 0 Å². The lowest BCUT2D eigenvalue weighted by Gasteiger charge is -1.98. The standard InChI is InChI=1S/C11H11N/c1-12-11-8-7-9-5-3-2-4-6-10(9)11/h2-8,12H,1H3. The quantitative estimate of drug-likeness (QED) is 0.671. The first-order valence-corrected chi connectivity index (χ1v) is 4.07. The third-order valence-corrected chi connectivity index (χ3v) is 2.06. The molecule has 0 atom stereocenters. The summed E-state index contributed by atoms with van der Waals surface area (Å²) in [7, 11) is 1.95. The Labute approximate surface area is 72.4 Å². The van der Waals surface area contributed by atoms with Crippen molar-refractivity contribution in [3.05, 3.63) is 42.5 Å². The first-order valence-electron chi connectivity index (χ1n) is 4.07. The normalized spacial score (nSPS) is 10.1. The van der Waals surface area contributed by atoms with Gasteiger partial charge in [-0.1, -0.05) is 36.4 Å². The van der Waals surface area contributed by atoms with Crippen molar-refractivity contribution in [2.24, 2.45) is 0 Å². The second-order valence-corrected chi connectivity index (χ2v) is 2.78. The lowest BCUT2D eigenvalue weighted by atomic mass is 10.2. The molecule has 0 amide bonds. The van der Waals surface area contributed by atoms with Crippen LogP contribution in [0.25, 0.3) is 11.1 Å². The molecule has 0 bridgehead atoms. The molecule has 0 aliphatic heterocycles. The summed E-state index contributed by atoms with van der Waals surface area (Å²) >= 11 is 0. The molecule has 1 N–H and O–H groups in total. The lowest BCUT2D eigenvalue weighted by Crippen LogP contribution is -1.85. The molecule has 0 unspecified atom stereocenters. The molecule has 2 aliphatic carbocycles. The summed E-state index contributed by atoms with van der Waals surface area (Å²) in [4.78, 5) is 0. The minimum absolute atomic E-state index is 1.20. The van der Waals surface area contributed by atoms with Crippen LogP contribution in [-0.4, -0.2) is 7.05 Å². The van der Waals surface area contributed by atoms with Crippen molar-refractivity contribution in [1.82, 2.24) is 0 Å². The molecule has 0 aromatic rings. The first-order chi connectivity index (χ1) is 5.92. The zero-order valence-electron chi connectivity index (χ0n) is 7.04. The van der Waals surface area contributed by atoms with Gasteiger partial charge in [-0.3, -0.25) is 0 Å². The van der Waals surface area contributed by atoms with Gasteiger partial charge in [-0.05, 0) is 11.6 Å². The summed E-state index contributed by atoms with van der Waals surface area (Å²) in [5.41, 5.74) is 3.76. The second kappa shape index (κ2) is 2.86. The number of rotatable bonds is 1. The number of fused-ring (bicyclic) bond motifs is 1. The van der Waals surface area contributed by atoms with Crippen molar-refractivity contribution in [3.63, 3.8) is 0 Å². The lowest BCUT2D eigenvalue weighted by molar-refractivity contribution is 1.55. The first kappa shape index (κ1) is 7.17. The van der Waals surface area contributed by atoms with E-state index in [0.29, 0.717) is 0 Å². The van der Waals surface area contributed by atoms with Crippen molar-refractivity contribution < 1.29 is 0 Å². The van der Waals surface area contributed by atoms with Crippen molar-refractivity contribution in [2.75, 3.05) is 12.4 Å². The molecule has 12 heavy (non-hydrogen) atoms. The van der Waals surface area contributed by atoms with E-state index in [1.54, 1.807) is 0 Å². The van der Waals surface area contributed by atoms with Gasteiger partial charge in [0.1, 0.15) is 0 Å². The van der Waals surface area contributed by atoms with Crippen LogP contribution in [0, 0.1) is 0 Å². The number of nitrogens with one attached hydrogen (secondary N) is 1. The summed E-state index contributed by atoms with van der Waals surface area (Å²) in [5.74, 6) is 0.